The van der Waals surface area contributed by atoms with E-state index >= 15 is 0 Å². The Morgan fingerprint density at radius 2 is 1.64 bits per heavy atom. The lowest BCUT2D eigenvalue weighted by molar-refractivity contribution is -0.645. The highest BCUT2D eigenvalue weighted by molar-refractivity contribution is 5.73. The van der Waals surface area contributed by atoms with Crippen LogP contribution in [-0.2, 0) is 7.05 Å². The zero-order chi connectivity index (χ0) is 18.7. The van der Waals surface area contributed by atoms with Gasteiger partial charge in [0.1, 0.15) is 0 Å². The Hall–Kier alpha value is -2.57. The average molecular weight is 377 g/mol. The first kappa shape index (κ1) is 16.4. The number of aromatic nitrogens is 6. The van der Waals surface area contributed by atoms with Gasteiger partial charge >= 0.3 is 12.0 Å². The Kier molecular flexibility index (Phi) is 3.49. The maximum atomic E-state index is 6.01. The van der Waals surface area contributed by atoms with Gasteiger partial charge in [0.2, 0.25) is 0 Å². The Morgan fingerprint density at radius 1 is 1.00 bits per heavy atom. The van der Waals surface area contributed by atoms with Crippen LogP contribution in [0.15, 0.2) is 30.6 Å². The molecule has 0 atom stereocenters. The number of ether oxygens (including phenoxy) is 1. The second-order valence-corrected chi connectivity index (χ2v) is 9.27. The molecule has 4 aliphatic rings. The van der Waals surface area contributed by atoms with Gasteiger partial charge in [0.15, 0.2) is 11.0 Å². The van der Waals surface area contributed by atoms with E-state index in [2.05, 4.69) is 26.5 Å². The van der Waals surface area contributed by atoms with Crippen LogP contribution in [0.5, 0.6) is 6.01 Å². The van der Waals surface area contributed by atoms with Crippen molar-refractivity contribution in [2.24, 2.45) is 30.2 Å². The van der Waals surface area contributed by atoms with Gasteiger partial charge in [-0.15, -0.1) is 0 Å². The highest BCUT2D eigenvalue weighted by Crippen LogP contribution is 2.59. The third-order valence-corrected chi connectivity index (χ3v) is 7.15. The Balaban J connectivity index is 1.21. The van der Waals surface area contributed by atoms with Crippen molar-refractivity contribution in [3.8, 4) is 12.0 Å². The van der Waals surface area contributed by atoms with Gasteiger partial charge < -0.3 is 4.74 Å². The van der Waals surface area contributed by atoms with Crippen molar-refractivity contribution < 1.29 is 9.30 Å². The van der Waals surface area contributed by atoms with Gasteiger partial charge in [0.05, 0.1) is 13.7 Å². The van der Waals surface area contributed by atoms with Crippen molar-refractivity contribution in [3.63, 3.8) is 0 Å². The van der Waals surface area contributed by atoms with Crippen molar-refractivity contribution in [1.29, 1.82) is 0 Å². The molecule has 2 heterocycles. The van der Waals surface area contributed by atoms with Gasteiger partial charge in [-0.2, -0.15) is 4.57 Å². The van der Waals surface area contributed by atoms with Crippen molar-refractivity contribution in [2.75, 3.05) is 6.61 Å². The highest BCUT2D eigenvalue weighted by atomic mass is 16.5. The highest BCUT2D eigenvalue weighted by Gasteiger charge is 2.51. The number of fused-ring (bicyclic) bond motifs is 1. The predicted octanol–water partition coefficient (Wildman–Crippen LogP) is 2.63. The standard InChI is InChI=1S/C21H25N6O/c1-26-13-27(18-5-3-2-4-17(18)26)19-22-24-20(25-23-19)28-12-21-9-14-6-15(10-21)8-16(7-14)11-21/h2-5,13-16H,6-12H2,1H3/q+1. The van der Waals surface area contributed by atoms with Gasteiger partial charge in [-0.3, -0.25) is 0 Å². The Labute approximate surface area is 163 Å². The molecule has 4 fully saturated rings. The lowest BCUT2D eigenvalue weighted by Crippen LogP contribution is -2.48. The molecule has 0 unspecified atom stereocenters. The number of aryl methyl sites for hydroxylation is 1. The van der Waals surface area contributed by atoms with E-state index < -0.39 is 0 Å². The zero-order valence-electron chi connectivity index (χ0n) is 16.2. The molecule has 0 spiro atoms. The molecule has 3 aromatic rings. The number of nitrogens with zero attached hydrogens (tertiary/aromatic N) is 6. The second kappa shape index (κ2) is 5.96. The van der Waals surface area contributed by atoms with Gasteiger partial charge in [-0.05, 0) is 68.4 Å². The smallest absolute Gasteiger partial charge is 0.364 e. The van der Waals surface area contributed by atoms with Gasteiger partial charge in [-0.1, -0.05) is 32.5 Å². The maximum Gasteiger partial charge on any atom is 0.364 e. The van der Waals surface area contributed by atoms with E-state index in [0.717, 1.165) is 28.8 Å². The van der Waals surface area contributed by atoms with E-state index in [1.807, 2.05) is 40.7 Å². The summed E-state index contributed by atoms with van der Waals surface area (Å²) in [6, 6.07) is 8.42. The fraction of sp³-hybridized carbons (Fsp3) is 0.571. The quantitative estimate of drug-likeness (QED) is 0.654. The van der Waals surface area contributed by atoms with Crippen molar-refractivity contribution in [2.45, 2.75) is 38.5 Å². The Morgan fingerprint density at radius 3 is 2.32 bits per heavy atom. The molecule has 1 aromatic carbocycles. The van der Waals surface area contributed by atoms with E-state index in [9.17, 15) is 0 Å². The number of benzene rings is 1. The lowest BCUT2D eigenvalue weighted by Gasteiger charge is -2.56. The molecule has 28 heavy (non-hydrogen) atoms. The summed E-state index contributed by atoms with van der Waals surface area (Å²) >= 11 is 0. The molecule has 4 aliphatic carbocycles. The molecular weight excluding hydrogens is 352 g/mol. The van der Waals surface area contributed by atoms with Gasteiger partial charge in [0.25, 0.3) is 6.33 Å². The second-order valence-electron chi connectivity index (χ2n) is 9.27. The SMILES string of the molecule is C[n+]1cn(-c2nnc(OCC34CC5CC(CC(C5)C3)C4)nn2)c2ccccc21. The van der Waals surface area contributed by atoms with Crippen LogP contribution in [0.1, 0.15) is 38.5 Å². The third-order valence-electron chi connectivity index (χ3n) is 7.15. The van der Waals surface area contributed by atoms with Crippen LogP contribution in [-0.4, -0.2) is 31.6 Å². The molecule has 144 valence electrons. The molecule has 0 radical (unpaired) electrons. The largest absolute Gasteiger partial charge is 0.461 e. The first-order valence-electron chi connectivity index (χ1n) is 10.3. The summed E-state index contributed by atoms with van der Waals surface area (Å²) in [6.07, 6.45) is 10.2. The van der Waals surface area contributed by atoms with Crippen molar-refractivity contribution >= 4 is 11.0 Å². The molecular formula is C21H25N6O+. The number of para-hydroxylation sites is 2. The van der Waals surface area contributed by atoms with Crippen LogP contribution in [0.3, 0.4) is 0 Å². The van der Waals surface area contributed by atoms with Crippen LogP contribution in [0, 0.1) is 23.2 Å². The summed E-state index contributed by atoms with van der Waals surface area (Å²) in [5.41, 5.74) is 2.46. The minimum Gasteiger partial charge on any atom is -0.461 e. The molecule has 0 aliphatic heterocycles. The summed E-state index contributed by atoms with van der Waals surface area (Å²) in [4.78, 5) is 0. The topological polar surface area (TPSA) is 69.6 Å². The van der Waals surface area contributed by atoms with E-state index in [1.165, 1.54) is 38.5 Å². The molecule has 0 saturated heterocycles. The van der Waals surface area contributed by atoms with Crippen LogP contribution >= 0.6 is 0 Å². The molecule has 7 rings (SSSR count). The van der Waals surface area contributed by atoms with E-state index in [1.54, 1.807) is 0 Å². The summed E-state index contributed by atoms with van der Waals surface area (Å²) in [5, 5.41) is 17.0. The summed E-state index contributed by atoms with van der Waals surface area (Å²) < 4.78 is 9.95. The average Bonchev–Trinajstić information content (AvgIpc) is 3.03. The van der Waals surface area contributed by atoms with E-state index in [-0.39, 0.29) is 0 Å². The fourth-order valence-electron chi connectivity index (χ4n) is 6.48. The summed E-state index contributed by atoms with van der Waals surface area (Å²) in [5.74, 6) is 3.20. The number of hydrogen-bond donors (Lipinski definition) is 0. The monoisotopic (exact) mass is 377 g/mol. The molecule has 2 aromatic heterocycles. The predicted molar refractivity (Wildman–Crippen MR) is 102 cm³/mol. The molecule has 7 heteroatoms. The summed E-state index contributed by atoms with van der Waals surface area (Å²) in [7, 11) is 2.00. The van der Waals surface area contributed by atoms with Crippen molar-refractivity contribution in [1.82, 2.24) is 25.0 Å². The normalized spacial score (nSPS) is 30.8. The van der Waals surface area contributed by atoms with Crippen LogP contribution in [0.2, 0.25) is 0 Å². The Bertz CT molecular complexity index is 992. The number of hydrogen-bond acceptors (Lipinski definition) is 5. The van der Waals surface area contributed by atoms with Crippen LogP contribution < -0.4 is 9.30 Å². The minimum atomic E-state index is 0.292. The number of imidazole rings is 1. The molecule has 0 N–H and O–H groups in total. The summed E-state index contributed by atoms with van der Waals surface area (Å²) in [6.45, 7) is 0.709. The maximum absolute atomic E-state index is 6.01. The van der Waals surface area contributed by atoms with Crippen LogP contribution in [0.25, 0.3) is 17.0 Å². The molecule has 0 amide bonds. The lowest BCUT2D eigenvalue weighted by atomic mass is 9.50. The zero-order valence-corrected chi connectivity index (χ0v) is 16.2. The van der Waals surface area contributed by atoms with E-state index in [4.69, 9.17) is 4.74 Å². The first-order valence-corrected chi connectivity index (χ1v) is 10.3. The van der Waals surface area contributed by atoms with Gasteiger partial charge in [0, 0.05) is 5.41 Å². The fourth-order valence-corrected chi connectivity index (χ4v) is 6.48. The molecule has 4 saturated carbocycles. The first-order chi connectivity index (χ1) is 13.7. The van der Waals surface area contributed by atoms with E-state index in [0.29, 0.717) is 24.0 Å². The number of rotatable bonds is 4. The molecule has 4 bridgehead atoms. The minimum absolute atomic E-state index is 0.292. The van der Waals surface area contributed by atoms with Crippen molar-refractivity contribution in [3.05, 3.63) is 30.6 Å². The molecule has 7 nitrogen and oxygen atoms in total. The van der Waals surface area contributed by atoms with Gasteiger partial charge in [-0.25, -0.2) is 4.57 Å². The van der Waals surface area contributed by atoms with Crippen LogP contribution in [0.4, 0.5) is 0 Å². The third kappa shape index (κ3) is 2.59.